The molecular formula is C12H20N2O4. The van der Waals surface area contributed by atoms with Gasteiger partial charge in [-0.1, -0.05) is 6.92 Å². The van der Waals surface area contributed by atoms with Gasteiger partial charge in [-0.3, -0.25) is 4.79 Å². The first-order chi connectivity index (χ1) is 8.50. The lowest BCUT2D eigenvalue weighted by Crippen LogP contribution is -2.58. The number of likely N-dealkylation sites (N-methyl/N-ethyl adjacent to an activating group) is 1. The van der Waals surface area contributed by atoms with Crippen molar-refractivity contribution in [2.75, 3.05) is 33.4 Å². The summed E-state index contributed by atoms with van der Waals surface area (Å²) in [4.78, 5) is 26.3. The van der Waals surface area contributed by atoms with E-state index in [-0.39, 0.29) is 23.9 Å². The molecule has 0 aromatic heterocycles. The Hall–Kier alpha value is -1.30. The molecule has 2 unspecified atom stereocenters. The number of urea groups is 1. The highest BCUT2D eigenvalue weighted by Gasteiger charge is 2.39. The van der Waals surface area contributed by atoms with Gasteiger partial charge in [0.05, 0.1) is 18.6 Å². The van der Waals surface area contributed by atoms with E-state index in [4.69, 9.17) is 9.84 Å². The molecule has 2 aliphatic rings. The molecule has 0 saturated carbocycles. The van der Waals surface area contributed by atoms with Crippen molar-refractivity contribution < 1.29 is 19.4 Å². The number of hydrogen-bond acceptors (Lipinski definition) is 3. The van der Waals surface area contributed by atoms with Crippen molar-refractivity contribution in [3.05, 3.63) is 0 Å². The van der Waals surface area contributed by atoms with Crippen molar-refractivity contribution in [1.82, 2.24) is 9.80 Å². The summed E-state index contributed by atoms with van der Waals surface area (Å²) in [6.07, 6.45) is 0.880. The van der Waals surface area contributed by atoms with Crippen LogP contribution in [0.2, 0.25) is 0 Å². The van der Waals surface area contributed by atoms with Gasteiger partial charge in [0.25, 0.3) is 0 Å². The van der Waals surface area contributed by atoms with Crippen LogP contribution in [0.25, 0.3) is 0 Å². The van der Waals surface area contributed by atoms with Crippen LogP contribution in [0.5, 0.6) is 0 Å². The molecule has 0 aromatic rings. The second kappa shape index (κ2) is 5.14. The fourth-order valence-electron chi connectivity index (χ4n) is 2.39. The average Bonchev–Trinajstić information content (AvgIpc) is 2.78. The smallest absolute Gasteiger partial charge is 0.320 e. The summed E-state index contributed by atoms with van der Waals surface area (Å²) in [6.45, 7) is 4.10. The summed E-state index contributed by atoms with van der Waals surface area (Å²) >= 11 is 0. The number of hydrogen-bond donors (Lipinski definition) is 1. The summed E-state index contributed by atoms with van der Waals surface area (Å²) in [5.74, 6) is -1.08. The van der Waals surface area contributed by atoms with Gasteiger partial charge in [-0.05, 0) is 6.42 Å². The second-order valence-corrected chi connectivity index (χ2v) is 5.20. The third-order valence-electron chi connectivity index (χ3n) is 4.03. The van der Waals surface area contributed by atoms with Gasteiger partial charge in [-0.25, -0.2) is 4.79 Å². The fraction of sp³-hybridized carbons (Fsp3) is 0.833. The zero-order valence-electron chi connectivity index (χ0n) is 10.8. The maximum atomic E-state index is 12.1. The highest BCUT2D eigenvalue weighted by Crippen LogP contribution is 2.25. The summed E-state index contributed by atoms with van der Waals surface area (Å²) < 4.78 is 5.26. The van der Waals surface area contributed by atoms with E-state index in [0.29, 0.717) is 26.3 Å². The molecule has 6 heteroatoms. The second-order valence-electron chi connectivity index (χ2n) is 5.20. The molecule has 2 saturated heterocycles. The number of likely N-dealkylation sites (tertiary alicyclic amines) is 1. The molecule has 0 bridgehead atoms. The molecule has 2 aliphatic heterocycles. The van der Waals surface area contributed by atoms with Crippen LogP contribution >= 0.6 is 0 Å². The van der Waals surface area contributed by atoms with Crippen LogP contribution in [0.4, 0.5) is 4.79 Å². The van der Waals surface area contributed by atoms with E-state index < -0.39 is 5.97 Å². The van der Waals surface area contributed by atoms with Crippen molar-refractivity contribution in [3.63, 3.8) is 0 Å². The number of carbonyl (C=O) groups is 2. The van der Waals surface area contributed by atoms with Crippen LogP contribution in [0.15, 0.2) is 0 Å². The first kappa shape index (κ1) is 13.1. The SMILES string of the molecule is CC(C(=O)O)C1CN(C(=O)N(C)C2CCOC2)C1. The molecule has 0 aromatic carbocycles. The van der Waals surface area contributed by atoms with Gasteiger partial charge < -0.3 is 19.6 Å². The normalized spacial score (nSPS) is 25.7. The Morgan fingerprint density at radius 2 is 2.11 bits per heavy atom. The summed E-state index contributed by atoms with van der Waals surface area (Å²) in [6, 6.07) is 0.146. The van der Waals surface area contributed by atoms with Crippen molar-refractivity contribution >= 4 is 12.0 Å². The van der Waals surface area contributed by atoms with Gasteiger partial charge in [0.2, 0.25) is 0 Å². The highest BCUT2D eigenvalue weighted by atomic mass is 16.5. The average molecular weight is 256 g/mol. The minimum atomic E-state index is -0.787. The van der Waals surface area contributed by atoms with Gasteiger partial charge in [0.15, 0.2) is 0 Å². The first-order valence-corrected chi connectivity index (χ1v) is 6.33. The number of nitrogens with zero attached hydrogens (tertiary/aromatic N) is 2. The molecule has 1 N–H and O–H groups in total. The first-order valence-electron chi connectivity index (χ1n) is 6.33. The van der Waals surface area contributed by atoms with Crippen LogP contribution in [0.1, 0.15) is 13.3 Å². The van der Waals surface area contributed by atoms with Gasteiger partial charge in [-0.15, -0.1) is 0 Å². The molecule has 0 spiro atoms. The number of rotatable bonds is 3. The maximum Gasteiger partial charge on any atom is 0.320 e. The molecule has 2 amide bonds. The van der Waals surface area contributed by atoms with Crippen LogP contribution in [-0.4, -0.2) is 66.3 Å². The van der Waals surface area contributed by atoms with Crippen molar-refractivity contribution in [2.24, 2.45) is 11.8 Å². The number of aliphatic carboxylic acids is 1. The zero-order valence-corrected chi connectivity index (χ0v) is 10.8. The van der Waals surface area contributed by atoms with Crippen molar-refractivity contribution in [2.45, 2.75) is 19.4 Å². The minimum absolute atomic E-state index is 0.0145. The van der Waals surface area contributed by atoms with Crippen LogP contribution in [0.3, 0.4) is 0 Å². The van der Waals surface area contributed by atoms with E-state index >= 15 is 0 Å². The molecular weight excluding hydrogens is 236 g/mol. The van der Waals surface area contributed by atoms with Crippen molar-refractivity contribution in [1.29, 1.82) is 0 Å². The maximum absolute atomic E-state index is 12.1. The Balaban J connectivity index is 1.80. The standard InChI is InChI=1S/C12H20N2O4/c1-8(11(15)16)9-5-14(6-9)12(17)13(2)10-3-4-18-7-10/h8-10H,3-7H2,1-2H3,(H,15,16). The van der Waals surface area contributed by atoms with E-state index in [1.165, 1.54) is 0 Å². The molecule has 102 valence electrons. The largest absolute Gasteiger partial charge is 0.481 e. The predicted molar refractivity (Wildman–Crippen MR) is 64.2 cm³/mol. The molecule has 2 heterocycles. The van der Waals surface area contributed by atoms with Gasteiger partial charge in [0.1, 0.15) is 0 Å². The van der Waals surface area contributed by atoms with Crippen LogP contribution < -0.4 is 0 Å². The molecule has 0 aliphatic carbocycles. The lowest BCUT2D eigenvalue weighted by Gasteiger charge is -2.43. The summed E-state index contributed by atoms with van der Waals surface area (Å²) in [5.41, 5.74) is 0. The van der Waals surface area contributed by atoms with E-state index in [9.17, 15) is 9.59 Å². The van der Waals surface area contributed by atoms with E-state index in [1.54, 1.807) is 23.8 Å². The van der Waals surface area contributed by atoms with E-state index in [0.717, 1.165) is 6.42 Å². The van der Waals surface area contributed by atoms with Gasteiger partial charge >= 0.3 is 12.0 Å². The quantitative estimate of drug-likeness (QED) is 0.797. The Morgan fingerprint density at radius 3 is 2.61 bits per heavy atom. The Bertz CT molecular complexity index is 335. The molecule has 18 heavy (non-hydrogen) atoms. The minimum Gasteiger partial charge on any atom is -0.481 e. The molecule has 2 atom stereocenters. The van der Waals surface area contributed by atoms with Gasteiger partial charge in [-0.2, -0.15) is 0 Å². The monoisotopic (exact) mass is 256 g/mol. The Morgan fingerprint density at radius 1 is 1.44 bits per heavy atom. The van der Waals surface area contributed by atoms with E-state index in [2.05, 4.69) is 0 Å². The number of carbonyl (C=O) groups excluding carboxylic acids is 1. The van der Waals surface area contributed by atoms with Crippen molar-refractivity contribution in [3.8, 4) is 0 Å². The lowest BCUT2D eigenvalue weighted by atomic mass is 9.87. The number of amides is 2. The predicted octanol–water partition coefficient (Wildman–Crippen LogP) is 0.480. The van der Waals surface area contributed by atoms with Crippen LogP contribution in [0, 0.1) is 11.8 Å². The molecule has 0 radical (unpaired) electrons. The number of ether oxygens (including phenoxy) is 1. The molecule has 2 fully saturated rings. The zero-order chi connectivity index (χ0) is 13.3. The highest BCUT2D eigenvalue weighted by molar-refractivity contribution is 5.76. The number of carboxylic acid groups (broad SMARTS) is 1. The third-order valence-corrected chi connectivity index (χ3v) is 4.03. The topological polar surface area (TPSA) is 70.1 Å². The van der Waals surface area contributed by atoms with Crippen LogP contribution in [-0.2, 0) is 9.53 Å². The fourth-order valence-corrected chi connectivity index (χ4v) is 2.39. The number of carboxylic acids is 1. The molecule has 6 nitrogen and oxygen atoms in total. The summed E-state index contributed by atoms with van der Waals surface area (Å²) in [7, 11) is 1.79. The summed E-state index contributed by atoms with van der Waals surface area (Å²) in [5, 5.41) is 8.89. The lowest BCUT2D eigenvalue weighted by molar-refractivity contribution is -0.144. The van der Waals surface area contributed by atoms with E-state index in [1.807, 2.05) is 0 Å². The Kier molecular flexibility index (Phi) is 3.75. The van der Waals surface area contributed by atoms with Gasteiger partial charge in [0, 0.05) is 32.7 Å². The third kappa shape index (κ3) is 2.43. The Labute approximate surface area is 106 Å². The molecule has 2 rings (SSSR count).